The Morgan fingerprint density at radius 1 is 0.931 bits per heavy atom. The summed E-state index contributed by atoms with van der Waals surface area (Å²) in [5.74, 6) is 0.438. The summed E-state index contributed by atoms with van der Waals surface area (Å²) in [5.41, 5.74) is 1.61. The summed E-state index contributed by atoms with van der Waals surface area (Å²) in [7, 11) is 0. The summed E-state index contributed by atoms with van der Waals surface area (Å²) < 4.78 is 43.1. The number of benzene rings is 2. The molecule has 0 aliphatic carbocycles. The molecule has 0 radical (unpaired) electrons. The molecule has 9 heteroatoms. The van der Waals surface area contributed by atoms with E-state index in [2.05, 4.69) is 31.4 Å². The Morgan fingerprint density at radius 3 is 2.45 bits per heavy atom. The summed E-state index contributed by atoms with van der Waals surface area (Å²) in [6.07, 6.45) is -0.240. The minimum atomic E-state index is -4.79. The lowest BCUT2D eigenvalue weighted by Crippen LogP contribution is -2.17. The van der Waals surface area contributed by atoms with Crippen LogP contribution in [0.15, 0.2) is 67.3 Å². The number of halogens is 3. The van der Waals surface area contributed by atoms with Crippen molar-refractivity contribution in [2.24, 2.45) is 0 Å². The summed E-state index contributed by atoms with van der Waals surface area (Å²) >= 11 is 0. The molecule has 0 fully saturated rings. The molecule has 2 aromatic heterocycles. The van der Waals surface area contributed by atoms with Crippen LogP contribution in [-0.2, 0) is 0 Å². The van der Waals surface area contributed by atoms with Gasteiger partial charge in [-0.1, -0.05) is 18.2 Å². The standard InChI is InChI=1S/C20H13F3N5O/c1-28(14-5-4-6-15(9-14)29-20(21,22)23)19-16-7-2-3-8-17(16)26-18(27-19)13-10-24-12-25-11-13/h2-12H,1H2/q+1. The van der Waals surface area contributed by atoms with Crippen molar-refractivity contribution in [3.63, 3.8) is 0 Å². The minimum absolute atomic E-state index is 0.348. The van der Waals surface area contributed by atoms with Crippen molar-refractivity contribution < 1.29 is 17.9 Å². The van der Waals surface area contributed by atoms with Crippen LogP contribution in [0.3, 0.4) is 0 Å². The van der Waals surface area contributed by atoms with E-state index in [0.29, 0.717) is 33.8 Å². The SMILES string of the molecule is C=[N+](c1cccc(OC(F)(F)F)c1)c1nc(-c2cncnc2)nc2ccccc12. The molecule has 0 atom stereocenters. The van der Waals surface area contributed by atoms with E-state index in [1.807, 2.05) is 24.3 Å². The summed E-state index contributed by atoms with van der Waals surface area (Å²) in [6.45, 7) is 3.98. The van der Waals surface area contributed by atoms with E-state index in [-0.39, 0.29) is 5.75 Å². The second-order valence-corrected chi connectivity index (χ2v) is 5.99. The normalized spacial score (nSPS) is 11.4. The molecule has 0 aliphatic rings. The van der Waals surface area contributed by atoms with E-state index in [4.69, 9.17) is 0 Å². The zero-order valence-electron chi connectivity index (χ0n) is 14.8. The second-order valence-electron chi connectivity index (χ2n) is 5.99. The first kappa shape index (κ1) is 18.5. The first-order valence-electron chi connectivity index (χ1n) is 8.39. The zero-order valence-corrected chi connectivity index (χ0v) is 14.8. The fourth-order valence-corrected chi connectivity index (χ4v) is 2.78. The fraction of sp³-hybridized carbons (Fsp3) is 0.0500. The van der Waals surface area contributed by atoms with Crippen molar-refractivity contribution in [2.45, 2.75) is 6.36 Å². The van der Waals surface area contributed by atoms with Crippen LogP contribution in [0.4, 0.5) is 24.7 Å². The van der Waals surface area contributed by atoms with Gasteiger partial charge in [-0.3, -0.25) is 0 Å². The maximum atomic E-state index is 12.6. The van der Waals surface area contributed by atoms with E-state index in [9.17, 15) is 13.2 Å². The van der Waals surface area contributed by atoms with Gasteiger partial charge >= 0.3 is 12.2 Å². The molecule has 4 aromatic rings. The van der Waals surface area contributed by atoms with Crippen molar-refractivity contribution >= 4 is 29.1 Å². The van der Waals surface area contributed by atoms with Gasteiger partial charge < -0.3 is 4.74 Å². The highest BCUT2D eigenvalue weighted by Crippen LogP contribution is 2.31. The number of ether oxygens (including phenoxy) is 1. The molecule has 0 saturated heterocycles. The van der Waals surface area contributed by atoms with Crippen molar-refractivity contribution in [2.75, 3.05) is 0 Å². The Kier molecular flexibility index (Phi) is 4.63. The summed E-state index contributed by atoms with van der Waals surface area (Å²) in [5, 5.41) is 0.685. The van der Waals surface area contributed by atoms with Crippen LogP contribution >= 0.6 is 0 Å². The van der Waals surface area contributed by atoms with E-state index in [0.717, 1.165) is 0 Å². The van der Waals surface area contributed by atoms with Gasteiger partial charge in [-0.2, -0.15) is 0 Å². The number of alkyl halides is 3. The lowest BCUT2D eigenvalue weighted by Gasteiger charge is -2.10. The third-order valence-corrected chi connectivity index (χ3v) is 4.02. The van der Waals surface area contributed by atoms with Crippen LogP contribution in [0.1, 0.15) is 0 Å². The average Bonchev–Trinajstić information content (AvgIpc) is 2.72. The number of nitrogens with zero attached hydrogens (tertiary/aromatic N) is 5. The molecule has 4 rings (SSSR count). The van der Waals surface area contributed by atoms with Crippen LogP contribution in [0, 0.1) is 0 Å². The van der Waals surface area contributed by atoms with E-state index in [1.54, 1.807) is 18.5 Å². The first-order chi connectivity index (χ1) is 13.9. The van der Waals surface area contributed by atoms with Gasteiger partial charge in [0.1, 0.15) is 17.8 Å². The van der Waals surface area contributed by atoms with E-state index >= 15 is 0 Å². The van der Waals surface area contributed by atoms with Crippen LogP contribution in [-0.4, -0.2) is 33.0 Å². The molecule has 0 spiro atoms. The van der Waals surface area contributed by atoms with Gasteiger partial charge in [0, 0.05) is 18.5 Å². The molecule has 6 nitrogen and oxygen atoms in total. The summed E-state index contributed by atoms with van der Waals surface area (Å²) in [4.78, 5) is 17.0. The third kappa shape index (κ3) is 4.03. The zero-order chi connectivity index (χ0) is 20.4. The molecule has 0 aliphatic heterocycles. The Balaban J connectivity index is 1.83. The molecule has 0 unspecified atom stereocenters. The fourth-order valence-electron chi connectivity index (χ4n) is 2.78. The molecule has 2 aromatic carbocycles. The second kappa shape index (κ2) is 7.27. The topological polar surface area (TPSA) is 63.8 Å². The molecule has 144 valence electrons. The number of aromatic nitrogens is 4. The number of fused-ring (bicyclic) bond motifs is 1. The highest BCUT2D eigenvalue weighted by Gasteiger charge is 2.31. The average molecular weight is 396 g/mol. The Morgan fingerprint density at radius 2 is 1.69 bits per heavy atom. The first-order valence-corrected chi connectivity index (χ1v) is 8.39. The Hall–Kier alpha value is -3.88. The van der Waals surface area contributed by atoms with Gasteiger partial charge in [0.15, 0.2) is 0 Å². The summed E-state index contributed by atoms with van der Waals surface area (Å²) in [6, 6.07) is 12.8. The van der Waals surface area contributed by atoms with Gasteiger partial charge in [0.05, 0.1) is 23.2 Å². The van der Waals surface area contributed by atoms with Gasteiger partial charge in [-0.15, -0.1) is 13.2 Å². The van der Waals surface area contributed by atoms with Crippen LogP contribution < -0.4 is 9.31 Å². The van der Waals surface area contributed by atoms with Crippen LogP contribution in [0.25, 0.3) is 22.3 Å². The molecular formula is C20H13F3N5O+. The number of para-hydroxylation sites is 1. The Labute approximate surface area is 163 Å². The number of hydrogen-bond acceptors (Lipinski definition) is 5. The lowest BCUT2D eigenvalue weighted by molar-refractivity contribution is -0.274. The molecule has 0 bridgehead atoms. The predicted octanol–water partition coefficient (Wildman–Crippen LogP) is 4.52. The Bertz CT molecular complexity index is 1200. The van der Waals surface area contributed by atoms with Crippen LogP contribution in [0.2, 0.25) is 0 Å². The van der Waals surface area contributed by atoms with Gasteiger partial charge in [0.2, 0.25) is 0 Å². The quantitative estimate of drug-likeness (QED) is 0.375. The smallest absolute Gasteiger partial charge is 0.406 e. The molecule has 0 amide bonds. The molecule has 0 N–H and O–H groups in total. The van der Waals surface area contributed by atoms with Crippen molar-refractivity contribution in [1.29, 1.82) is 0 Å². The molecule has 29 heavy (non-hydrogen) atoms. The molecule has 0 saturated carbocycles. The van der Waals surface area contributed by atoms with E-state index < -0.39 is 6.36 Å². The van der Waals surface area contributed by atoms with E-state index in [1.165, 1.54) is 29.1 Å². The molecular weight excluding hydrogens is 383 g/mol. The van der Waals surface area contributed by atoms with Gasteiger partial charge in [-0.25, -0.2) is 19.5 Å². The number of rotatable bonds is 4. The van der Waals surface area contributed by atoms with Crippen molar-refractivity contribution in [3.8, 4) is 17.1 Å². The van der Waals surface area contributed by atoms with Crippen molar-refractivity contribution in [1.82, 2.24) is 24.5 Å². The predicted molar refractivity (Wildman–Crippen MR) is 102 cm³/mol. The highest BCUT2D eigenvalue weighted by atomic mass is 19.4. The van der Waals surface area contributed by atoms with Crippen molar-refractivity contribution in [3.05, 3.63) is 67.3 Å². The number of hydrogen-bond donors (Lipinski definition) is 0. The lowest BCUT2D eigenvalue weighted by atomic mass is 10.2. The largest absolute Gasteiger partial charge is 0.573 e. The van der Waals surface area contributed by atoms with Gasteiger partial charge in [0.25, 0.3) is 5.82 Å². The molecule has 2 heterocycles. The maximum Gasteiger partial charge on any atom is 0.573 e. The van der Waals surface area contributed by atoms with Gasteiger partial charge in [-0.05, 0) is 29.2 Å². The minimum Gasteiger partial charge on any atom is -0.406 e. The monoisotopic (exact) mass is 396 g/mol. The maximum absolute atomic E-state index is 12.6. The third-order valence-electron chi connectivity index (χ3n) is 4.02. The highest BCUT2D eigenvalue weighted by molar-refractivity contribution is 5.91. The van der Waals surface area contributed by atoms with Crippen LogP contribution in [0.5, 0.6) is 5.75 Å².